The molecular formula is C22H14FNO4. The Morgan fingerprint density at radius 2 is 1.61 bits per heavy atom. The third-order valence-electron chi connectivity index (χ3n) is 4.24. The summed E-state index contributed by atoms with van der Waals surface area (Å²) in [6, 6.07) is 19.6. The third-order valence-corrected chi connectivity index (χ3v) is 4.24. The summed E-state index contributed by atoms with van der Waals surface area (Å²) in [4.78, 5) is 16.0. The minimum absolute atomic E-state index is 0.0396. The molecule has 0 saturated heterocycles. The van der Waals surface area contributed by atoms with Crippen LogP contribution in [-0.2, 0) is 0 Å². The molecule has 0 unspecified atom stereocenters. The first-order valence-corrected chi connectivity index (χ1v) is 8.42. The quantitative estimate of drug-likeness (QED) is 0.510. The second-order valence-electron chi connectivity index (χ2n) is 6.09. The molecule has 0 aliphatic heterocycles. The van der Waals surface area contributed by atoms with E-state index >= 15 is 0 Å². The van der Waals surface area contributed by atoms with Crippen LogP contribution in [0, 0.1) is 5.82 Å². The second kappa shape index (κ2) is 7.00. The van der Waals surface area contributed by atoms with Gasteiger partial charge in [0.1, 0.15) is 28.6 Å². The highest BCUT2D eigenvalue weighted by Gasteiger charge is 2.21. The van der Waals surface area contributed by atoms with Crippen LogP contribution >= 0.6 is 0 Å². The van der Waals surface area contributed by atoms with Crippen LogP contribution in [0.15, 0.2) is 72.8 Å². The number of ether oxygens (including phenoxy) is 1. The van der Waals surface area contributed by atoms with E-state index in [4.69, 9.17) is 4.74 Å². The zero-order valence-electron chi connectivity index (χ0n) is 14.5. The Kier molecular flexibility index (Phi) is 4.37. The molecule has 0 amide bonds. The number of aromatic carboxylic acids is 1. The standard InChI is InChI=1S/C22H14FNO4/c23-14-8-11-18-17(12-14)19(22(26)27)21(25)20(24-18)13-6-9-16(10-7-13)28-15-4-2-1-3-5-15/h1-12,25H,(H,26,27). The van der Waals surface area contributed by atoms with Crippen molar-refractivity contribution in [1.82, 2.24) is 4.98 Å². The van der Waals surface area contributed by atoms with Crippen molar-refractivity contribution >= 4 is 16.9 Å². The maximum atomic E-state index is 13.5. The largest absolute Gasteiger partial charge is 0.505 e. The maximum Gasteiger partial charge on any atom is 0.340 e. The van der Waals surface area contributed by atoms with Crippen LogP contribution in [0.3, 0.4) is 0 Å². The Morgan fingerprint density at radius 3 is 2.29 bits per heavy atom. The van der Waals surface area contributed by atoms with Gasteiger partial charge in [-0.1, -0.05) is 18.2 Å². The smallest absolute Gasteiger partial charge is 0.340 e. The first kappa shape index (κ1) is 17.5. The van der Waals surface area contributed by atoms with Crippen molar-refractivity contribution in [2.45, 2.75) is 0 Å². The number of hydrogen-bond acceptors (Lipinski definition) is 4. The summed E-state index contributed by atoms with van der Waals surface area (Å²) in [6.45, 7) is 0. The zero-order chi connectivity index (χ0) is 19.7. The number of rotatable bonds is 4. The van der Waals surface area contributed by atoms with Crippen LogP contribution in [0.1, 0.15) is 10.4 Å². The fourth-order valence-corrected chi connectivity index (χ4v) is 2.95. The predicted octanol–water partition coefficient (Wildman–Crippen LogP) is 5.24. The summed E-state index contributed by atoms with van der Waals surface area (Å²) < 4.78 is 19.3. The lowest BCUT2D eigenvalue weighted by Gasteiger charge is -2.11. The third kappa shape index (κ3) is 3.23. The minimum atomic E-state index is -1.36. The van der Waals surface area contributed by atoms with Crippen molar-refractivity contribution in [2.75, 3.05) is 0 Å². The van der Waals surface area contributed by atoms with E-state index in [1.807, 2.05) is 30.3 Å². The fourth-order valence-electron chi connectivity index (χ4n) is 2.95. The molecule has 138 valence electrons. The topological polar surface area (TPSA) is 79.7 Å². The number of carboxylic acids is 1. The Morgan fingerprint density at radius 1 is 0.929 bits per heavy atom. The van der Waals surface area contributed by atoms with E-state index < -0.39 is 17.5 Å². The monoisotopic (exact) mass is 375 g/mol. The summed E-state index contributed by atoms with van der Waals surface area (Å²) in [5, 5.41) is 20.1. The van der Waals surface area contributed by atoms with Crippen molar-refractivity contribution in [3.8, 4) is 28.5 Å². The van der Waals surface area contributed by atoms with Gasteiger partial charge in [0.25, 0.3) is 0 Å². The Balaban J connectivity index is 1.77. The normalized spacial score (nSPS) is 10.8. The predicted molar refractivity (Wildman–Crippen MR) is 102 cm³/mol. The molecule has 2 N–H and O–H groups in total. The fraction of sp³-hybridized carbons (Fsp3) is 0. The highest BCUT2D eigenvalue weighted by Crippen LogP contribution is 2.36. The SMILES string of the molecule is O=C(O)c1c(O)c(-c2ccc(Oc3ccccc3)cc2)nc2ccc(F)cc12. The number of carbonyl (C=O) groups is 1. The number of nitrogens with zero attached hydrogens (tertiary/aromatic N) is 1. The lowest BCUT2D eigenvalue weighted by atomic mass is 10.0. The van der Waals surface area contributed by atoms with E-state index in [0.717, 1.165) is 6.07 Å². The number of carboxylic acid groups (broad SMARTS) is 1. The van der Waals surface area contributed by atoms with Gasteiger partial charge in [0.2, 0.25) is 0 Å². The van der Waals surface area contributed by atoms with Gasteiger partial charge in [-0.2, -0.15) is 0 Å². The van der Waals surface area contributed by atoms with Gasteiger partial charge >= 0.3 is 5.97 Å². The van der Waals surface area contributed by atoms with Crippen LogP contribution in [0.5, 0.6) is 17.2 Å². The number of halogens is 1. The van der Waals surface area contributed by atoms with Gasteiger partial charge < -0.3 is 14.9 Å². The first-order valence-electron chi connectivity index (χ1n) is 8.42. The lowest BCUT2D eigenvalue weighted by Crippen LogP contribution is -2.02. The molecule has 3 aromatic carbocycles. The minimum Gasteiger partial charge on any atom is -0.505 e. The molecule has 4 rings (SSSR count). The summed E-state index contributed by atoms with van der Waals surface area (Å²) in [6.07, 6.45) is 0. The maximum absolute atomic E-state index is 13.5. The summed E-state index contributed by atoms with van der Waals surface area (Å²) in [5.74, 6) is -1.22. The van der Waals surface area contributed by atoms with Crippen LogP contribution in [0.25, 0.3) is 22.2 Å². The van der Waals surface area contributed by atoms with Gasteiger partial charge in [-0.15, -0.1) is 0 Å². The average molecular weight is 375 g/mol. The van der Waals surface area contributed by atoms with E-state index in [1.54, 1.807) is 24.3 Å². The molecule has 1 heterocycles. The van der Waals surface area contributed by atoms with Crippen LogP contribution < -0.4 is 4.74 Å². The van der Waals surface area contributed by atoms with E-state index in [2.05, 4.69) is 4.98 Å². The van der Waals surface area contributed by atoms with Gasteiger partial charge in [0.15, 0.2) is 5.75 Å². The molecule has 0 radical (unpaired) electrons. The van der Waals surface area contributed by atoms with Gasteiger partial charge in [-0.3, -0.25) is 0 Å². The molecule has 0 aliphatic carbocycles. The molecule has 0 bridgehead atoms. The summed E-state index contributed by atoms with van der Waals surface area (Å²) in [5.41, 5.74) is 0.495. The van der Waals surface area contributed by atoms with Gasteiger partial charge in [-0.05, 0) is 54.6 Å². The number of benzene rings is 3. The molecule has 0 aliphatic rings. The molecule has 0 atom stereocenters. The second-order valence-corrected chi connectivity index (χ2v) is 6.09. The van der Waals surface area contributed by atoms with Gasteiger partial charge in [0.05, 0.1) is 5.52 Å². The molecule has 28 heavy (non-hydrogen) atoms. The number of aromatic nitrogens is 1. The van der Waals surface area contributed by atoms with E-state index in [-0.39, 0.29) is 22.2 Å². The van der Waals surface area contributed by atoms with Gasteiger partial charge in [-0.25, -0.2) is 14.2 Å². The summed E-state index contributed by atoms with van der Waals surface area (Å²) in [7, 11) is 0. The molecule has 0 spiro atoms. The number of pyridine rings is 1. The molecular weight excluding hydrogens is 361 g/mol. The van der Waals surface area contributed by atoms with Crippen molar-refractivity contribution in [3.63, 3.8) is 0 Å². The molecule has 0 saturated carbocycles. The molecule has 1 aromatic heterocycles. The van der Waals surface area contributed by atoms with Crippen molar-refractivity contribution in [1.29, 1.82) is 0 Å². The summed E-state index contributed by atoms with van der Waals surface area (Å²) >= 11 is 0. The zero-order valence-corrected chi connectivity index (χ0v) is 14.5. The Labute approximate surface area is 159 Å². The lowest BCUT2D eigenvalue weighted by molar-refractivity contribution is 0.0696. The van der Waals surface area contributed by atoms with Crippen LogP contribution in [0.2, 0.25) is 0 Å². The Bertz CT molecular complexity index is 1170. The van der Waals surface area contributed by atoms with Crippen LogP contribution in [-0.4, -0.2) is 21.2 Å². The average Bonchev–Trinajstić information content (AvgIpc) is 2.69. The van der Waals surface area contributed by atoms with Gasteiger partial charge in [0, 0.05) is 10.9 Å². The van der Waals surface area contributed by atoms with E-state index in [9.17, 15) is 19.4 Å². The van der Waals surface area contributed by atoms with Crippen molar-refractivity contribution in [3.05, 3.63) is 84.2 Å². The number of hydrogen-bond donors (Lipinski definition) is 2. The number of fused-ring (bicyclic) bond motifs is 1. The van der Waals surface area contributed by atoms with Crippen molar-refractivity contribution in [2.24, 2.45) is 0 Å². The molecule has 6 heteroatoms. The van der Waals surface area contributed by atoms with Crippen LogP contribution in [0.4, 0.5) is 4.39 Å². The van der Waals surface area contributed by atoms with E-state index in [1.165, 1.54) is 12.1 Å². The van der Waals surface area contributed by atoms with Crippen molar-refractivity contribution < 1.29 is 24.1 Å². The number of aromatic hydroxyl groups is 1. The molecule has 4 aromatic rings. The number of para-hydroxylation sites is 1. The molecule has 0 fully saturated rings. The first-order chi connectivity index (χ1) is 13.5. The Hall–Kier alpha value is -3.93. The molecule has 5 nitrogen and oxygen atoms in total. The highest BCUT2D eigenvalue weighted by atomic mass is 19.1. The highest BCUT2D eigenvalue weighted by molar-refractivity contribution is 6.07. The van der Waals surface area contributed by atoms with E-state index in [0.29, 0.717) is 17.1 Å².